The monoisotopic (exact) mass is 163 g/mol. The minimum atomic E-state index is 0.984. The summed E-state index contributed by atoms with van der Waals surface area (Å²) in [6.45, 7) is 4.10. The Morgan fingerprint density at radius 2 is 2.17 bits per heavy atom. The highest BCUT2D eigenvalue weighted by Crippen LogP contribution is 2.27. The molecule has 64 valence electrons. The van der Waals surface area contributed by atoms with Gasteiger partial charge in [0.15, 0.2) is 0 Å². The van der Waals surface area contributed by atoms with Gasteiger partial charge in [-0.1, -0.05) is 6.07 Å². The zero-order valence-electron chi connectivity index (χ0n) is 7.48. The quantitative estimate of drug-likeness (QED) is 0.679. The summed E-state index contributed by atoms with van der Waals surface area (Å²) in [5.74, 6) is 0.998. The van der Waals surface area contributed by atoms with E-state index < -0.39 is 0 Å². The first kappa shape index (κ1) is 7.62. The summed E-state index contributed by atoms with van der Waals surface area (Å²) in [7, 11) is 1.72. The van der Waals surface area contributed by atoms with Gasteiger partial charge in [-0.15, -0.1) is 0 Å². The molecule has 2 rings (SSSR count). The van der Waals surface area contributed by atoms with E-state index in [1.54, 1.807) is 7.11 Å². The van der Waals surface area contributed by atoms with Crippen molar-refractivity contribution < 1.29 is 4.74 Å². The van der Waals surface area contributed by atoms with Crippen molar-refractivity contribution in [3.8, 4) is 5.75 Å². The maximum absolute atomic E-state index is 5.24. The van der Waals surface area contributed by atoms with Crippen LogP contribution in [-0.2, 0) is 13.1 Å². The number of fused-ring (bicyclic) bond motifs is 1. The van der Waals surface area contributed by atoms with Crippen molar-refractivity contribution in [3.05, 3.63) is 28.8 Å². The van der Waals surface area contributed by atoms with Gasteiger partial charge in [0, 0.05) is 13.1 Å². The second-order valence-corrected chi connectivity index (χ2v) is 3.13. The molecule has 2 nitrogen and oxygen atoms in total. The summed E-state index contributed by atoms with van der Waals surface area (Å²) in [4.78, 5) is 0. The third kappa shape index (κ3) is 0.994. The van der Waals surface area contributed by atoms with Crippen LogP contribution in [0.5, 0.6) is 5.75 Å². The fourth-order valence-corrected chi connectivity index (χ4v) is 1.75. The van der Waals surface area contributed by atoms with Crippen LogP contribution in [-0.4, -0.2) is 7.11 Å². The van der Waals surface area contributed by atoms with Crippen molar-refractivity contribution >= 4 is 0 Å². The van der Waals surface area contributed by atoms with E-state index in [0.717, 1.165) is 18.8 Å². The number of methoxy groups -OCH3 is 1. The molecule has 12 heavy (non-hydrogen) atoms. The summed E-state index contributed by atoms with van der Waals surface area (Å²) in [6.07, 6.45) is 0. The molecule has 0 saturated carbocycles. The lowest BCUT2D eigenvalue weighted by molar-refractivity contribution is 0.411. The molecular weight excluding hydrogens is 150 g/mol. The third-order valence-electron chi connectivity index (χ3n) is 2.48. The second-order valence-electron chi connectivity index (χ2n) is 3.13. The molecule has 0 amide bonds. The lowest BCUT2D eigenvalue weighted by Gasteiger charge is -2.08. The molecule has 1 aliphatic heterocycles. The molecule has 1 aromatic rings. The van der Waals surface area contributed by atoms with Gasteiger partial charge in [0.2, 0.25) is 0 Å². The van der Waals surface area contributed by atoms with Gasteiger partial charge in [-0.25, -0.2) is 0 Å². The summed E-state index contributed by atoms with van der Waals surface area (Å²) in [5.41, 5.74) is 4.10. The highest BCUT2D eigenvalue weighted by Gasteiger charge is 2.14. The second kappa shape index (κ2) is 2.79. The summed E-state index contributed by atoms with van der Waals surface area (Å²) in [5, 5.41) is 3.32. The van der Waals surface area contributed by atoms with Crippen LogP contribution < -0.4 is 10.1 Å². The summed E-state index contributed by atoms with van der Waals surface area (Å²) in [6, 6.07) is 4.18. The van der Waals surface area contributed by atoms with Gasteiger partial charge in [-0.2, -0.15) is 0 Å². The van der Waals surface area contributed by atoms with E-state index in [-0.39, 0.29) is 0 Å². The zero-order valence-corrected chi connectivity index (χ0v) is 7.48. The molecule has 1 heterocycles. The van der Waals surface area contributed by atoms with Crippen LogP contribution in [0.2, 0.25) is 0 Å². The van der Waals surface area contributed by atoms with Crippen molar-refractivity contribution in [1.29, 1.82) is 0 Å². The van der Waals surface area contributed by atoms with Crippen LogP contribution in [0.25, 0.3) is 0 Å². The molecule has 1 N–H and O–H groups in total. The minimum absolute atomic E-state index is 0.984. The van der Waals surface area contributed by atoms with Gasteiger partial charge < -0.3 is 10.1 Å². The molecule has 0 unspecified atom stereocenters. The molecule has 0 spiro atoms. The minimum Gasteiger partial charge on any atom is -0.496 e. The molecular formula is C10H13NO. The Morgan fingerprint density at radius 3 is 2.92 bits per heavy atom. The van der Waals surface area contributed by atoms with Crippen molar-refractivity contribution in [2.75, 3.05) is 7.11 Å². The number of ether oxygens (including phenoxy) is 1. The molecule has 1 aromatic carbocycles. The Bertz CT molecular complexity index is 307. The molecule has 0 atom stereocenters. The Labute approximate surface area is 72.5 Å². The fourth-order valence-electron chi connectivity index (χ4n) is 1.75. The van der Waals surface area contributed by atoms with Crippen molar-refractivity contribution in [3.63, 3.8) is 0 Å². The lowest BCUT2D eigenvalue weighted by atomic mass is 10.0. The smallest absolute Gasteiger partial charge is 0.122 e. The zero-order chi connectivity index (χ0) is 8.55. The maximum Gasteiger partial charge on any atom is 0.122 e. The Balaban J connectivity index is 2.54. The van der Waals surface area contributed by atoms with Crippen molar-refractivity contribution in [2.45, 2.75) is 20.0 Å². The topological polar surface area (TPSA) is 21.3 Å². The van der Waals surface area contributed by atoms with Crippen LogP contribution in [0.1, 0.15) is 16.7 Å². The highest BCUT2D eigenvalue weighted by atomic mass is 16.5. The number of rotatable bonds is 1. The number of benzene rings is 1. The van der Waals surface area contributed by atoms with Gasteiger partial charge >= 0.3 is 0 Å². The molecule has 0 saturated heterocycles. The van der Waals surface area contributed by atoms with E-state index in [2.05, 4.69) is 18.3 Å². The maximum atomic E-state index is 5.24. The molecule has 0 aliphatic carbocycles. The normalized spacial score (nSPS) is 14.5. The van der Waals surface area contributed by atoms with Crippen LogP contribution in [0.15, 0.2) is 12.1 Å². The molecule has 0 aromatic heterocycles. The highest BCUT2D eigenvalue weighted by molar-refractivity contribution is 5.45. The van der Waals surface area contributed by atoms with Crippen molar-refractivity contribution in [1.82, 2.24) is 5.32 Å². The average Bonchev–Trinajstić information content (AvgIpc) is 2.53. The average molecular weight is 163 g/mol. The lowest BCUT2D eigenvalue weighted by Crippen LogP contribution is -2.00. The van der Waals surface area contributed by atoms with E-state index in [1.165, 1.54) is 16.7 Å². The largest absolute Gasteiger partial charge is 0.496 e. The standard InChI is InChI=1S/C10H13NO/c1-7-9-6-11-5-8(9)3-4-10(7)12-2/h3-4,11H,5-6H2,1-2H3. The Kier molecular flexibility index (Phi) is 1.77. The van der Waals surface area contributed by atoms with Gasteiger partial charge in [-0.05, 0) is 29.7 Å². The van der Waals surface area contributed by atoms with Crippen LogP contribution in [0, 0.1) is 6.92 Å². The van der Waals surface area contributed by atoms with E-state index in [0.29, 0.717) is 0 Å². The number of nitrogens with one attached hydrogen (secondary N) is 1. The van der Waals surface area contributed by atoms with Gasteiger partial charge in [0.05, 0.1) is 7.11 Å². The number of hydrogen-bond donors (Lipinski definition) is 1. The fraction of sp³-hybridized carbons (Fsp3) is 0.400. The predicted octanol–water partition coefficient (Wildman–Crippen LogP) is 1.61. The van der Waals surface area contributed by atoms with Crippen LogP contribution >= 0.6 is 0 Å². The summed E-state index contributed by atoms with van der Waals surface area (Å²) < 4.78 is 5.24. The van der Waals surface area contributed by atoms with E-state index in [4.69, 9.17) is 4.74 Å². The Morgan fingerprint density at radius 1 is 1.33 bits per heavy atom. The van der Waals surface area contributed by atoms with Gasteiger partial charge in [0.25, 0.3) is 0 Å². The first-order valence-corrected chi connectivity index (χ1v) is 4.19. The van der Waals surface area contributed by atoms with Gasteiger partial charge in [0.1, 0.15) is 5.75 Å². The molecule has 0 radical (unpaired) electrons. The number of hydrogen-bond acceptors (Lipinski definition) is 2. The van der Waals surface area contributed by atoms with Crippen LogP contribution in [0.4, 0.5) is 0 Å². The molecule has 2 heteroatoms. The van der Waals surface area contributed by atoms with E-state index in [1.807, 2.05) is 6.07 Å². The third-order valence-corrected chi connectivity index (χ3v) is 2.48. The molecule has 0 fully saturated rings. The van der Waals surface area contributed by atoms with E-state index in [9.17, 15) is 0 Å². The van der Waals surface area contributed by atoms with Crippen LogP contribution in [0.3, 0.4) is 0 Å². The first-order valence-electron chi connectivity index (χ1n) is 4.19. The Hall–Kier alpha value is -1.02. The van der Waals surface area contributed by atoms with Crippen molar-refractivity contribution in [2.24, 2.45) is 0 Å². The molecule has 0 bridgehead atoms. The first-order chi connectivity index (χ1) is 5.83. The summed E-state index contributed by atoms with van der Waals surface area (Å²) >= 11 is 0. The predicted molar refractivity (Wildman–Crippen MR) is 48.3 cm³/mol. The SMILES string of the molecule is COc1ccc2c(c1C)CNC2. The van der Waals surface area contributed by atoms with E-state index >= 15 is 0 Å². The molecule has 1 aliphatic rings. The van der Waals surface area contributed by atoms with Gasteiger partial charge in [-0.3, -0.25) is 0 Å².